The number of rotatable bonds is 2. The van der Waals surface area contributed by atoms with Crippen LogP contribution < -0.4 is 0 Å². The third kappa shape index (κ3) is 2.71. The van der Waals surface area contributed by atoms with Gasteiger partial charge in [0.15, 0.2) is 0 Å². The molecule has 22 heavy (non-hydrogen) atoms. The van der Waals surface area contributed by atoms with Crippen LogP contribution in [0.1, 0.15) is 28.3 Å². The van der Waals surface area contributed by atoms with Gasteiger partial charge in [0.25, 0.3) is 0 Å². The van der Waals surface area contributed by atoms with Crippen molar-refractivity contribution < 1.29 is 18.0 Å². The Hall–Kier alpha value is -2.30. The zero-order valence-electron chi connectivity index (χ0n) is 11.7. The van der Waals surface area contributed by atoms with Gasteiger partial charge in [-0.05, 0) is 35.2 Å². The number of halogens is 3. The smallest absolute Gasteiger partial charge is 0.334 e. The molecule has 1 aliphatic rings. The Morgan fingerprint density at radius 1 is 1.05 bits per heavy atom. The molecular formula is C17H14F3NO. The number of hydrogen-bond donors (Lipinski definition) is 0. The van der Waals surface area contributed by atoms with Crippen LogP contribution in [0.4, 0.5) is 13.2 Å². The van der Waals surface area contributed by atoms with Crippen LogP contribution >= 0.6 is 0 Å². The summed E-state index contributed by atoms with van der Waals surface area (Å²) in [7, 11) is 0. The Kier molecular flexibility index (Phi) is 3.64. The topological polar surface area (TPSA) is 20.3 Å². The highest BCUT2D eigenvalue weighted by Crippen LogP contribution is 2.35. The second-order valence-corrected chi connectivity index (χ2v) is 5.39. The second-order valence-electron chi connectivity index (χ2n) is 5.39. The number of fused-ring (bicyclic) bond motifs is 1. The first-order valence-electron chi connectivity index (χ1n) is 6.94. The standard InChI is InChI=1S/C17H14F3NO/c18-17(19,20)15-7-3-6-13(8-15)16-9-12-4-1-2-5-14(12)10-21(16)11-22/h1-8,11,16H,9-10H2. The van der Waals surface area contributed by atoms with Crippen LogP contribution in [0.15, 0.2) is 48.5 Å². The molecule has 1 amide bonds. The fraction of sp³-hybridized carbons (Fsp3) is 0.235. The van der Waals surface area contributed by atoms with Gasteiger partial charge in [-0.15, -0.1) is 0 Å². The number of carbonyl (C=O) groups excluding carboxylic acids is 1. The second kappa shape index (κ2) is 5.48. The van der Waals surface area contributed by atoms with E-state index in [1.807, 2.05) is 24.3 Å². The number of nitrogens with zero attached hydrogens (tertiary/aromatic N) is 1. The van der Waals surface area contributed by atoms with Crippen molar-refractivity contribution in [2.45, 2.75) is 25.2 Å². The van der Waals surface area contributed by atoms with Crippen LogP contribution in [-0.4, -0.2) is 11.3 Å². The molecule has 0 aliphatic carbocycles. The predicted octanol–water partition coefficient (Wildman–Crippen LogP) is 3.96. The molecule has 2 nitrogen and oxygen atoms in total. The van der Waals surface area contributed by atoms with Gasteiger partial charge in [-0.1, -0.05) is 36.4 Å². The maximum atomic E-state index is 12.9. The maximum absolute atomic E-state index is 12.9. The fourth-order valence-corrected chi connectivity index (χ4v) is 2.89. The van der Waals surface area contributed by atoms with Crippen LogP contribution in [-0.2, 0) is 23.9 Å². The van der Waals surface area contributed by atoms with Crippen molar-refractivity contribution >= 4 is 6.41 Å². The molecule has 5 heteroatoms. The molecule has 1 heterocycles. The summed E-state index contributed by atoms with van der Waals surface area (Å²) in [5.74, 6) is 0. The molecule has 1 atom stereocenters. The molecule has 0 radical (unpaired) electrons. The van der Waals surface area contributed by atoms with Crippen molar-refractivity contribution in [1.29, 1.82) is 0 Å². The van der Waals surface area contributed by atoms with Gasteiger partial charge >= 0.3 is 6.18 Å². The van der Waals surface area contributed by atoms with Crippen LogP contribution in [0.25, 0.3) is 0 Å². The van der Waals surface area contributed by atoms with E-state index in [-0.39, 0.29) is 6.04 Å². The summed E-state index contributed by atoms with van der Waals surface area (Å²) >= 11 is 0. The lowest BCUT2D eigenvalue weighted by molar-refractivity contribution is -0.137. The average molecular weight is 305 g/mol. The average Bonchev–Trinajstić information content (AvgIpc) is 2.53. The molecule has 1 aliphatic heterocycles. The summed E-state index contributed by atoms with van der Waals surface area (Å²) in [5, 5.41) is 0. The number of hydrogen-bond acceptors (Lipinski definition) is 1. The number of benzene rings is 2. The molecule has 0 spiro atoms. The highest BCUT2D eigenvalue weighted by molar-refractivity contribution is 5.52. The van der Waals surface area contributed by atoms with Gasteiger partial charge in [-0.3, -0.25) is 4.79 Å². The van der Waals surface area contributed by atoms with Gasteiger partial charge in [0.2, 0.25) is 6.41 Å². The van der Waals surface area contributed by atoms with E-state index >= 15 is 0 Å². The molecule has 3 rings (SSSR count). The molecule has 114 valence electrons. The number of amides is 1. The van der Waals surface area contributed by atoms with Crippen molar-refractivity contribution in [1.82, 2.24) is 4.90 Å². The summed E-state index contributed by atoms with van der Waals surface area (Å²) in [4.78, 5) is 12.9. The van der Waals surface area contributed by atoms with Crippen molar-refractivity contribution in [3.63, 3.8) is 0 Å². The lowest BCUT2D eigenvalue weighted by atomic mass is 9.89. The minimum atomic E-state index is -4.38. The first-order chi connectivity index (χ1) is 10.5. The van der Waals surface area contributed by atoms with E-state index in [4.69, 9.17) is 0 Å². The van der Waals surface area contributed by atoms with E-state index in [1.165, 1.54) is 6.07 Å². The zero-order valence-corrected chi connectivity index (χ0v) is 11.7. The van der Waals surface area contributed by atoms with E-state index < -0.39 is 11.7 Å². The molecule has 0 N–H and O–H groups in total. The highest BCUT2D eigenvalue weighted by Gasteiger charge is 2.32. The van der Waals surface area contributed by atoms with Gasteiger partial charge in [-0.25, -0.2) is 0 Å². The van der Waals surface area contributed by atoms with E-state index in [0.717, 1.165) is 23.3 Å². The third-order valence-corrected chi connectivity index (χ3v) is 4.02. The van der Waals surface area contributed by atoms with Gasteiger partial charge < -0.3 is 4.90 Å². The normalized spacial score (nSPS) is 18.0. The summed E-state index contributed by atoms with van der Waals surface area (Å²) in [6.07, 6.45) is -3.15. The molecule has 2 aromatic carbocycles. The third-order valence-electron chi connectivity index (χ3n) is 4.02. The molecule has 1 unspecified atom stereocenters. The molecule has 0 aromatic heterocycles. The maximum Gasteiger partial charge on any atom is 0.416 e. The minimum Gasteiger partial charge on any atom is -0.334 e. The minimum absolute atomic E-state index is 0.366. The number of carbonyl (C=O) groups is 1. The molecule has 0 saturated heterocycles. The SMILES string of the molecule is O=CN1Cc2ccccc2CC1c1cccc(C(F)(F)F)c1. The van der Waals surface area contributed by atoms with Crippen molar-refractivity contribution in [3.05, 3.63) is 70.8 Å². The monoisotopic (exact) mass is 305 g/mol. The van der Waals surface area contributed by atoms with Gasteiger partial charge in [0.1, 0.15) is 0 Å². The Balaban J connectivity index is 1.99. The Labute approximate surface area is 126 Å². The summed E-state index contributed by atoms with van der Waals surface area (Å²) in [6, 6.07) is 12.5. The molecule has 0 saturated carbocycles. The van der Waals surface area contributed by atoms with E-state index in [0.29, 0.717) is 24.9 Å². The van der Waals surface area contributed by atoms with Crippen LogP contribution in [0.2, 0.25) is 0 Å². The Bertz CT molecular complexity index is 696. The Morgan fingerprint density at radius 3 is 2.45 bits per heavy atom. The highest BCUT2D eigenvalue weighted by atomic mass is 19.4. The number of alkyl halides is 3. The largest absolute Gasteiger partial charge is 0.416 e. The lowest BCUT2D eigenvalue weighted by Gasteiger charge is -2.34. The van der Waals surface area contributed by atoms with Crippen molar-refractivity contribution in [3.8, 4) is 0 Å². The van der Waals surface area contributed by atoms with E-state index in [9.17, 15) is 18.0 Å². The molecule has 0 fully saturated rings. The molecule has 0 bridgehead atoms. The van der Waals surface area contributed by atoms with Gasteiger partial charge in [0.05, 0.1) is 11.6 Å². The lowest BCUT2D eigenvalue weighted by Crippen LogP contribution is -2.33. The quantitative estimate of drug-likeness (QED) is 0.769. The van der Waals surface area contributed by atoms with Gasteiger partial charge in [0, 0.05) is 6.54 Å². The van der Waals surface area contributed by atoms with E-state index in [2.05, 4.69) is 0 Å². The van der Waals surface area contributed by atoms with Crippen LogP contribution in [0, 0.1) is 0 Å². The van der Waals surface area contributed by atoms with E-state index in [1.54, 1.807) is 11.0 Å². The first-order valence-corrected chi connectivity index (χ1v) is 6.94. The van der Waals surface area contributed by atoms with Gasteiger partial charge in [-0.2, -0.15) is 13.2 Å². The summed E-state index contributed by atoms with van der Waals surface area (Å²) in [5.41, 5.74) is 1.94. The van der Waals surface area contributed by atoms with Crippen LogP contribution in [0.5, 0.6) is 0 Å². The fourth-order valence-electron chi connectivity index (χ4n) is 2.89. The summed E-state index contributed by atoms with van der Waals surface area (Å²) < 4.78 is 38.6. The first kappa shape index (κ1) is 14.6. The Morgan fingerprint density at radius 2 is 1.77 bits per heavy atom. The van der Waals surface area contributed by atoms with Crippen molar-refractivity contribution in [2.24, 2.45) is 0 Å². The predicted molar refractivity (Wildman–Crippen MR) is 75.9 cm³/mol. The molecule has 2 aromatic rings. The van der Waals surface area contributed by atoms with Crippen molar-refractivity contribution in [2.75, 3.05) is 0 Å². The van der Waals surface area contributed by atoms with Crippen LogP contribution in [0.3, 0.4) is 0 Å². The molecular weight excluding hydrogens is 291 g/mol. The zero-order chi connectivity index (χ0) is 15.7. The summed E-state index contributed by atoms with van der Waals surface area (Å²) in [6.45, 7) is 0.417.